The van der Waals surface area contributed by atoms with Gasteiger partial charge >= 0.3 is 0 Å². The van der Waals surface area contributed by atoms with Crippen LogP contribution in [0.2, 0.25) is 0 Å². The minimum absolute atomic E-state index is 0.310. The first kappa shape index (κ1) is 18.4. The Hall–Kier alpha value is -2.41. The molecule has 2 bridgehead atoms. The maximum Gasteiger partial charge on any atom is 0.213 e. The highest BCUT2D eigenvalue weighted by molar-refractivity contribution is 5.85. The molecule has 2 unspecified atom stereocenters. The summed E-state index contributed by atoms with van der Waals surface area (Å²) in [7, 11) is 2.25. The summed E-state index contributed by atoms with van der Waals surface area (Å²) in [5.41, 5.74) is 15.4. The van der Waals surface area contributed by atoms with Gasteiger partial charge in [0, 0.05) is 17.0 Å². The van der Waals surface area contributed by atoms with Crippen LogP contribution >= 0.6 is 0 Å². The van der Waals surface area contributed by atoms with Crippen LogP contribution < -0.4 is 4.57 Å². The molecular formula is C29H32N+. The number of hydrogen-bond acceptors (Lipinski definition) is 0. The van der Waals surface area contributed by atoms with Crippen LogP contribution in [0.15, 0.2) is 42.6 Å². The molecule has 3 aliphatic rings. The van der Waals surface area contributed by atoms with Crippen LogP contribution in [0, 0.1) is 19.3 Å². The van der Waals surface area contributed by atoms with Crippen LogP contribution in [0.25, 0.3) is 22.4 Å². The van der Waals surface area contributed by atoms with Gasteiger partial charge in [-0.05, 0) is 83.4 Å². The van der Waals surface area contributed by atoms with Gasteiger partial charge in [0.2, 0.25) is 5.69 Å². The molecule has 1 fully saturated rings. The Balaban J connectivity index is 1.59. The van der Waals surface area contributed by atoms with E-state index < -0.39 is 0 Å². The molecule has 1 nitrogen and oxygen atoms in total. The van der Waals surface area contributed by atoms with Gasteiger partial charge in [-0.1, -0.05) is 51.1 Å². The first-order valence-electron chi connectivity index (χ1n) is 11.5. The van der Waals surface area contributed by atoms with Crippen molar-refractivity contribution in [2.24, 2.45) is 12.5 Å². The van der Waals surface area contributed by atoms with E-state index in [9.17, 15) is 0 Å². The lowest BCUT2D eigenvalue weighted by molar-refractivity contribution is -0.661. The van der Waals surface area contributed by atoms with Crippen molar-refractivity contribution < 1.29 is 4.57 Å². The smallest absolute Gasteiger partial charge is 0.201 e. The normalized spacial score (nSPS) is 24.7. The van der Waals surface area contributed by atoms with E-state index in [2.05, 4.69) is 88.8 Å². The molecule has 2 atom stereocenters. The largest absolute Gasteiger partial charge is 0.213 e. The molecule has 0 spiro atoms. The molecule has 6 rings (SSSR count). The number of pyridine rings is 1. The average Bonchev–Trinajstić information content (AvgIpc) is 3.23. The summed E-state index contributed by atoms with van der Waals surface area (Å²) in [6, 6.07) is 14.0. The SMILES string of the molecule is Cc1cccc2c1Cc1c-2ccc(C)c1-c1cc2c(c[n+]1C)C1(C)CCC2C1(C)C. The van der Waals surface area contributed by atoms with E-state index in [1.165, 1.54) is 57.5 Å². The number of hydrogen-bond donors (Lipinski definition) is 0. The highest BCUT2D eigenvalue weighted by atomic mass is 14.9. The van der Waals surface area contributed by atoms with Crippen LogP contribution in [0.3, 0.4) is 0 Å². The van der Waals surface area contributed by atoms with Crippen molar-refractivity contribution in [1.29, 1.82) is 0 Å². The van der Waals surface area contributed by atoms with E-state index in [0.717, 1.165) is 6.42 Å². The summed E-state index contributed by atoms with van der Waals surface area (Å²) in [4.78, 5) is 0. The number of nitrogens with zero attached hydrogens (tertiary/aromatic N) is 1. The summed E-state index contributed by atoms with van der Waals surface area (Å²) in [6.45, 7) is 12.0. The summed E-state index contributed by atoms with van der Waals surface area (Å²) in [6.07, 6.45) is 6.18. The van der Waals surface area contributed by atoms with E-state index in [0.29, 0.717) is 16.7 Å². The first-order chi connectivity index (χ1) is 14.2. The number of benzene rings is 2. The monoisotopic (exact) mass is 394 g/mol. The molecule has 0 amide bonds. The Kier molecular flexibility index (Phi) is 3.45. The summed E-state index contributed by atoms with van der Waals surface area (Å²) >= 11 is 0. The number of fused-ring (bicyclic) bond motifs is 8. The van der Waals surface area contributed by atoms with Gasteiger partial charge in [-0.2, -0.15) is 0 Å². The van der Waals surface area contributed by atoms with Crippen LogP contribution in [0.1, 0.15) is 72.9 Å². The molecule has 1 aromatic heterocycles. The molecule has 152 valence electrons. The standard InChI is InChI=1S/C29H32N/c1-17-8-7-9-19-20-11-10-18(2)27(22(20)14-21(17)19)26-15-23-24-12-13-29(5,28(24,3)4)25(23)16-30(26)6/h7-11,15-16,24H,12-14H2,1-6H3/q+1. The van der Waals surface area contributed by atoms with Gasteiger partial charge in [-0.25, -0.2) is 4.57 Å². The minimum atomic E-state index is 0.310. The zero-order valence-electron chi connectivity index (χ0n) is 19.2. The molecule has 3 aliphatic carbocycles. The van der Waals surface area contributed by atoms with Gasteiger partial charge in [0.25, 0.3) is 0 Å². The second-order valence-corrected chi connectivity index (χ2v) is 10.8. The van der Waals surface area contributed by atoms with Crippen LogP contribution in [0.5, 0.6) is 0 Å². The Morgan fingerprint density at radius 3 is 2.50 bits per heavy atom. The number of aryl methyl sites for hydroxylation is 3. The van der Waals surface area contributed by atoms with E-state index in [4.69, 9.17) is 0 Å². The van der Waals surface area contributed by atoms with Crippen molar-refractivity contribution in [3.8, 4) is 22.4 Å². The molecule has 0 aliphatic heterocycles. The van der Waals surface area contributed by atoms with Gasteiger partial charge in [0.1, 0.15) is 7.05 Å². The second-order valence-electron chi connectivity index (χ2n) is 10.8. The number of rotatable bonds is 1. The third-order valence-electron chi connectivity index (χ3n) is 9.33. The fraction of sp³-hybridized carbons (Fsp3) is 0.414. The first-order valence-corrected chi connectivity index (χ1v) is 11.5. The fourth-order valence-corrected chi connectivity index (χ4v) is 7.11. The Morgan fingerprint density at radius 1 is 0.933 bits per heavy atom. The molecule has 3 aromatic rings. The fourth-order valence-electron chi connectivity index (χ4n) is 7.11. The van der Waals surface area contributed by atoms with Crippen LogP contribution in [-0.4, -0.2) is 0 Å². The van der Waals surface area contributed by atoms with Crippen molar-refractivity contribution in [2.75, 3.05) is 0 Å². The third kappa shape index (κ3) is 2.02. The predicted molar refractivity (Wildman–Crippen MR) is 124 cm³/mol. The molecule has 0 N–H and O–H groups in total. The van der Waals surface area contributed by atoms with Gasteiger partial charge in [0.05, 0.1) is 5.56 Å². The van der Waals surface area contributed by atoms with Crippen molar-refractivity contribution >= 4 is 0 Å². The molecule has 0 saturated heterocycles. The molecular weight excluding hydrogens is 362 g/mol. The molecule has 1 heterocycles. The lowest BCUT2D eigenvalue weighted by Crippen LogP contribution is -2.36. The summed E-state index contributed by atoms with van der Waals surface area (Å²) < 4.78 is 2.42. The van der Waals surface area contributed by atoms with Gasteiger partial charge < -0.3 is 0 Å². The summed E-state index contributed by atoms with van der Waals surface area (Å²) in [5.74, 6) is 0.689. The van der Waals surface area contributed by atoms with E-state index in [1.54, 1.807) is 11.1 Å². The Bertz CT molecular complexity index is 1250. The van der Waals surface area contributed by atoms with Crippen LogP contribution in [-0.2, 0) is 18.9 Å². The number of aromatic nitrogens is 1. The van der Waals surface area contributed by atoms with Crippen molar-refractivity contribution in [3.05, 3.63) is 76.0 Å². The maximum absolute atomic E-state index is 2.56. The quantitative estimate of drug-likeness (QED) is 0.323. The lowest BCUT2D eigenvalue weighted by atomic mass is 9.69. The topological polar surface area (TPSA) is 3.88 Å². The van der Waals surface area contributed by atoms with Crippen molar-refractivity contribution in [2.45, 2.75) is 65.2 Å². The Morgan fingerprint density at radius 2 is 1.70 bits per heavy atom. The van der Waals surface area contributed by atoms with E-state index in [-0.39, 0.29) is 0 Å². The molecule has 1 heteroatoms. The predicted octanol–water partition coefficient (Wildman–Crippen LogP) is 6.54. The molecule has 1 saturated carbocycles. The van der Waals surface area contributed by atoms with Crippen molar-refractivity contribution in [3.63, 3.8) is 0 Å². The second kappa shape index (κ2) is 5.63. The van der Waals surface area contributed by atoms with E-state index in [1.807, 2.05) is 0 Å². The van der Waals surface area contributed by atoms with Gasteiger partial charge in [-0.3, -0.25) is 0 Å². The highest BCUT2D eigenvalue weighted by Gasteiger charge is 2.60. The zero-order chi connectivity index (χ0) is 21.0. The maximum atomic E-state index is 2.56. The summed E-state index contributed by atoms with van der Waals surface area (Å²) in [5, 5.41) is 0. The highest BCUT2D eigenvalue weighted by Crippen LogP contribution is 2.67. The average molecular weight is 395 g/mol. The van der Waals surface area contributed by atoms with Crippen LogP contribution in [0.4, 0.5) is 0 Å². The molecule has 0 radical (unpaired) electrons. The van der Waals surface area contributed by atoms with Gasteiger partial charge in [-0.15, -0.1) is 0 Å². The molecule has 2 aromatic carbocycles. The lowest BCUT2D eigenvalue weighted by Gasteiger charge is -2.34. The van der Waals surface area contributed by atoms with E-state index >= 15 is 0 Å². The zero-order valence-corrected chi connectivity index (χ0v) is 19.2. The third-order valence-corrected chi connectivity index (χ3v) is 9.33. The molecule has 30 heavy (non-hydrogen) atoms. The van der Waals surface area contributed by atoms with Crippen molar-refractivity contribution in [1.82, 2.24) is 0 Å². The Labute approximate surface area is 180 Å². The van der Waals surface area contributed by atoms with Gasteiger partial charge in [0.15, 0.2) is 6.20 Å². The minimum Gasteiger partial charge on any atom is -0.201 e.